The number of nitrogens with zero attached hydrogens (tertiary/aromatic N) is 28. The highest BCUT2D eigenvalue weighted by atomic mass is 32.2. The number of aryl methyl sites for hydroxylation is 5. The molecule has 0 radical (unpaired) electrons. The Kier molecular flexibility index (Phi) is 42.8. The van der Waals surface area contributed by atoms with Gasteiger partial charge in [0.1, 0.15) is 79.6 Å². The topological polar surface area (TPSA) is 464 Å². The molecule has 0 saturated carbocycles. The van der Waals surface area contributed by atoms with Gasteiger partial charge in [0.2, 0.25) is 30.5 Å². The number of azo groups is 5. The van der Waals surface area contributed by atoms with E-state index in [2.05, 4.69) is 165 Å². The second-order valence-electron chi connectivity index (χ2n) is 26.3. The molecule has 0 aliphatic rings. The number of rotatable bonds is 38. The second kappa shape index (κ2) is 51.8. The smallest absolute Gasteiger partial charge is 0.357 e. The van der Waals surface area contributed by atoms with Crippen molar-refractivity contribution in [1.82, 2.24) is 47.6 Å². The van der Waals surface area contributed by atoms with Crippen LogP contribution >= 0.6 is 57.5 Å². The van der Waals surface area contributed by atoms with Gasteiger partial charge in [0, 0.05) is 166 Å². The first-order valence-corrected chi connectivity index (χ1v) is 48.4. The summed E-state index contributed by atoms with van der Waals surface area (Å²) >= 11 is 5.84. The Hall–Kier alpha value is -10.3. The zero-order valence-corrected chi connectivity index (χ0v) is 78.5. The fraction of sp³-hybridized carbons (Fsp3) is 0.461. The number of halogens is 3. The van der Waals surface area contributed by atoms with Crippen LogP contribution < -0.4 is 24.5 Å². The normalized spacial score (nSPS) is 12.8. The van der Waals surface area contributed by atoms with E-state index in [4.69, 9.17) is 0 Å². The zero-order valence-electron chi connectivity index (χ0n) is 72.0. The average Bonchev–Trinajstić information content (AvgIpc) is 1.53. The summed E-state index contributed by atoms with van der Waals surface area (Å²) in [6, 6.07) is 24.4. The third-order valence-corrected chi connectivity index (χ3v) is 22.8. The molecule has 10 rings (SSSR count). The van der Waals surface area contributed by atoms with Crippen molar-refractivity contribution in [3.8, 4) is 5.75 Å². The van der Waals surface area contributed by atoms with E-state index in [-0.39, 0.29) is 33.6 Å². The third kappa shape index (κ3) is 34.3. The summed E-state index contributed by atoms with van der Waals surface area (Å²) in [6.45, 7) is 30.6. The van der Waals surface area contributed by atoms with Crippen molar-refractivity contribution in [2.24, 2.45) is 64.2 Å². The van der Waals surface area contributed by atoms with Crippen LogP contribution in [0.25, 0.3) is 0 Å². The maximum Gasteiger partial charge on any atom is 0.357 e. The molecule has 48 heteroatoms. The number of alkyl halides is 3. The minimum absolute atomic E-state index is 0.0331. The maximum atomic E-state index is 13.2. The quantitative estimate of drug-likeness (QED) is 0.0261. The molecule has 4 N–H and O–H groups in total. The lowest BCUT2D eigenvalue weighted by Gasteiger charge is -2.24. The van der Waals surface area contributed by atoms with Crippen LogP contribution in [0, 0.1) is 20.8 Å². The molecule has 5 aromatic heterocycles. The zero-order chi connectivity index (χ0) is 91.1. The maximum absolute atomic E-state index is 13.2. The number of anilines is 5. The Morgan fingerprint density at radius 1 is 0.468 bits per heavy atom. The number of carboxylic acid groups (broad SMARTS) is 1. The van der Waals surface area contributed by atoms with Gasteiger partial charge < -0.3 is 43.8 Å². The van der Waals surface area contributed by atoms with E-state index in [1.807, 2.05) is 89.7 Å². The molecule has 0 aliphatic heterocycles. The van der Waals surface area contributed by atoms with Crippen LogP contribution in [0.1, 0.15) is 147 Å². The lowest BCUT2D eigenvalue weighted by Crippen LogP contribution is -2.25. The summed E-state index contributed by atoms with van der Waals surface area (Å²) in [4.78, 5) is 38.6. The van der Waals surface area contributed by atoms with Crippen molar-refractivity contribution in [3.05, 3.63) is 125 Å². The number of carboxylic acids is 1. The van der Waals surface area contributed by atoms with Crippen molar-refractivity contribution in [2.45, 2.75) is 148 Å². The molecule has 3 unspecified atom stereocenters. The highest BCUT2D eigenvalue weighted by molar-refractivity contribution is 7.89. The Balaban J connectivity index is 0.000000240. The lowest BCUT2D eigenvalue weighted by atomic mass is 10.1. The molecule has 3 atom stereocenters. The molecule has 0 bridgehead atoms. The molecule has 0 aliphatic carbocycles. The predicted octanol–water partition coefficient (Wildman–Crippen LogP) is 23.6. The number of aromatic nitrogens is 10. The number of carbonyl (C=O) groups is 1. The Bertz CT molecular complexity index is 5590. The van der Waals surface area contributed by atoms with Crippen LogP contribution in [-0.4, -0.2) is 177 Å². The molecular formula is C76H105F3N28O9S8. The fourth-order valence-corrected chi connectivity index (χ4v) is 15.2. The predicted molar refractivity (Wildman–Crippen MR) is 491 cm³/mol. The summed E-state index contributed by atoms with van der Waals surface area (Å²) in [6.07, 6.45) is 7.79. The second-order valence-corrected chi connectivity index (χ2v) is 35.9. The molecule has 5 heterocycles. The van der Waals surface area contributed by atoms with Crippen LogP contribution in [0.2, 0.25) is 0 Å². The summed E-state index contributed by atoms with van der Waals surface area (Å²) < 4.78 is 125. The molecule has 10 aromatic rings. The lowest BCUT2D eigenvalue weighted by molar-refractivity contribution is -0.0421. The van der Waals surface area contributed by atoms with E-state index in [0.717, 1.165) is 152 Å². The van der Waals surface area contributed by atoms with Gasteiger partial charge in [-0.1, -0.05) is 59.8 Å². The van der Waals surface area contributed by atoms with Gasteiger partial charge in [0.25, 0.3) is 5.13 Å². The van der Waals surface area contributed by atoms with Crippen LogP contribution in [0.3, 0.4) is 0 Å². The first-order valence-electron chi connectivity index (χ1n) is 39.3. The van der Waals surface area contributed by atoms with Gasteiger partial charge in [-0.2, -0.15) is 39.4 Å². The van der Waals surface area contributed by atoms with Gasteiger partial charge >= 0.3 is 12.6 Å². The molecule has 124 heavy (non-hydrogen) atoms. The molecule has 5 aromatic carbocycles. The summed E-state index contributed by atoms with van der Waals surface area (Å²) in [5.74, 6) is 1.75. The number of benzene rings is 5. The van der Waals surface area contributed by atoms with Gasteiger partial charge in [-0.3, -0.25) is 0 Å². The average molecular weight is 1870 g/mol. The van der Waals surface area contributed by atoms with E-state index < -0.39 is 48.6 Å². The molecule has 0 amide bonds. The van der Waals surface area contributed by atoms with Crippen molar-refractivity contribution in [1.29, 1.82) is 0 Å². The van der Waals surface area contributed by atoms with Crippen LogP contribution in [0.5, 0.6) is 5.75 Å². The first kappa shape index (κ1) is 102. The van der Waals surface area contributed by atoms with Crippen LogP contribution in [0.15, 0.2) is 155 Å². The van der Waals surface area contributed by atoms with E-state index in [1.165, 1.54) is 41.3 Å². The summed E-state index contributed by atoms with van der Waals surface area (Å²) in [5, 5.41) is 70.7. The Labute approximate surface area is 741 Å². The van der Waals surface area contributed by atoms with Crippen molar-refractivity contribution >= 4 is 193 Å². The number of hydrogen-bond donors (Lipinski definition) is 4. The first-order chi connectivity index (χ1) is 59.2. The number of hydrogen-bond acceptors (Lipinski definition) is 39. The minimum Gasteiger partial charge on any atom is -0.506 e. The van der Waals surface area contributed by atoms with E-state index in [1.54, 1.807) is 75.4 Å². The van der Waals surface area contributed by atoms with Crippen LogP contribution in [-0.2, 0) is 47.1 Å². The van der Waals surface area contributed by atoms with Gasteiger partial charge in [-0.25, -0.2) is 45.9 Å². The van der Waals surface area contributed by atoms with Gasteiger partial charge in [0.05, 0.1) is 11.3 Å². The van der Waals surface area contributed by atoms with Crippen LogP contribution in [0.4, 0.5) is 113 Å². The molecule has 37 nitrogen and oxygen atoms in total. The fourth-order valence-electron chi connectivity index (χ4n) is 10.7. The molecular weight excluding hydrogens is 1760 g/mol. The van der Waals surface area contributed by atoms with Gasteiger partial charge in [-0.05, 0) is 165 Å². The number of aromatic hydroxyl groups is 1. The Morgan fingerprint density at radius 2 is 0.863 bits per heavy atom. The highest BCUT2D eigenvalue weighted by Gasteiger charge is 2.21. The molecule has 0 spiro atoms. The summed E-state index contributed by atoms with van der Waals surface area (Å²) in [7, 11) is -7.12. The van der Waals surface area contributed by atoms with Gasteiger partial charge in [-0.15, -0.1) is 61.3 Å². The number of aromatic carboxylic acids is 1. The molecule has 0 fully saturated rings. The van der Waals surface area contributed by atoms with E-state index in [9.17, 15) is 49.9 Å². The van der Waals surface area contributed by atoms with E-state index >= 15 is 0 Å². The molecule has 672 valence electrons. The summed E-state index contributed by atoms with van der Waals surface area (Å²) in [5.41, 5.74) is 6.69. The van der Waals surface area contributed by atoms with Crippen molar-refractivity contribution in [2.75, 3.05) is 109 Å². The SMILES string of the molecule is CCCN(CCC)c1ccc(N=Nc2nc(CC)ns2)c(C(=O)O)c1.CCCN(CCC)c1ccc(N=Nc2nnc(C)s2)c(O)c1.CCCc1nsc(N=Nc2ccc(N(CC)CC)cc2N=S(C)(=O)O)n1.CCN(CC)c1ccc(N=Nc2nc(C)ns2)c(N=S(=O)(CF)OC(F)F)c1.CCS(=O)(O)=Nc1cc(N(C)C)ccc1N=Nc1nc(C)ns1. The third-order valence-electron chi connectivity index (χ3n) is 16.5. The highest BCUT2D eigenvalue weighted by Crippen LogP contribution is 2.40. The molecule has 0 saturated heterocycles. The monoisotopic (exact) mass is 1870 g/mol. The number of phenols is 1. The van der Waals surface area contributed by atoms with Crippen molar-refractivity contribution < 1.29 is 54.1 Å². The largest absolute Gasteiger partial charge is 0.506 e. The minimum atomic E-state index is -4.27. The van der Waals surface area contributed by atoms with E-state index in [0.29, 0.717) is 90.9 Å². The van der Waals surface area contributed by atoms with Crippen molar-refractivity contribution in [3.63, 3.8) is 0 Å². The van der Waals surface area contributed by atoms with Gasteiger partial charge in [0.15, 0.2) is 26.0 Å². The Morgan fingerprint density at radius 3 is 1.25 bits per heavy atom. The standard InChI is InChI=1S/C17H23N5O2S.C16H24N6O2S2.C15H19F3N6O2S2.C15H21N5OS.C13H18N6O2S2/c1-4-9-22(10-5-2)12-7-8-14(13(11-12)16(23)24)19-20-17-18-15(6-3)21-25-17;1-5-8-15-17-16(25-20-15)19-18-13-10-9-12(22(6-2)7-3)11-14(13)21-26(4,23)24;1-4-24(5-2)11-6-7-12(20-21-15-19-10(3)22-27-15)13(8-11)23-28(25,9-16)26-14(17)18;1-4-8-20(9-5-2)12-6-7-13(14(21)10-12)17-19-15-18-16-11(3)22-15;1-5-23(20,21)18-12-8-10(19(3)4)6-7-11(12)15-16-13-14-9(2)17-22-13/h7-8,11H,4-6,9-10H2,1-3H3,(H,23,24);9-11H,5-8H2,1-4H3,(H,21,23,24);6-8,14H,4-5,9H2,1-3H3;6-7,10,21H,4-5,8-9H2,1-3H3;6-8H,5H2,1-4H3,(H,18,20,21). The number of phenolic OH excluding ortho intramolecular Hbond substituents is 1.